The van der Waals surface area contributed by atoms with E-state index in [1.165, 1.54) is 25.7 Å². The van der Waals surface area contributed by atoms with Crippen LogP contribution in [0.5, 0.6) is 11.5 Å². The van der Waals surface area contributed by atoms with E-state index in [2.05, 4.69) is 5.32 Å². The second kappa shape index (κ2) is 10.3. The van der Waals surface area contributed by atoms with E-state index in [-0.39, 0.29) is 35.4 Å². The van der Waals surface area contributed by atoms with Crippen molar-refractivity contribution >= 4 is 23.0 Å². The molecule has 1 fully saturated rings. The van der Waals surface area contributed by atoms with Crippen LogP contribution >= 0.6 is 0 Å². The summed E-state index contributed by atoms with van der Waals surface area (Å²) >= 11 is 0. The van der Waals surface area contributed by atoms with Gasteiger partial charge in [-0.3, -0.25) is 14.9 Å². The standard InChI is InChI=1S/C23H28FN3O5/c1-4-32-22-13-17(20(27(29)30)14-21(22)31-3)23(28)25-15-10-11-19(18(24)12-15)26(2)16-8-6-5-7-9-16/h10-14,16H,4-9H2,1-3H3,(H,25,28). The van der Waals surface area contributed by atoms with Crippen LogP contribution in [0.1, 0.15) is 49.4 Å². The van der Waals surface area contributed by atoms with Crippen molar-refractivity contribution in [1.29, 1.82) is 0 Å². The van der Waals surface area contributed by atoms with Gasteiger partial charge in [-0.1, -0.05) is 19.3 Å². The van der Waals surface area contributed by atoms with E-state index in [1.54, 1.807) is 19.1 Å². The Morgan fingerprint density at radius 3 is 2.53 bits per heavy atom. The SMILES string of the molecule is CCOc1cc(C(=O)Nc2ccc(N(C)C3CCCCC3)c(F)c2)c([N+](=O)[O-])cc1OC. The number of ether oxygens (including phenoxy) is 2. The Bertz CT molecular complexity index is 992. The van der Waals surface area contributed by atoms with Crippen LogP contribution in [-0.2, 0) is 0 Å². The lowest BCUT2D eigenvalue weighted by atomic mass is 9.94. The van der Waals surface area contributed by atoms with Gasteiger partial charge in [-0.25, -0.2) is 4.39 Å². The maximum absolute atomic E-state index is 14.8. The van der Waals surface area contributed by atoms with Crippen LogP contribution in [0.15, 0.2) is 30.3 Å². The van der Waals surface area contributed by atoms with Gasteiger partial charge in [0.2, 0.25) is 0 Å². The molecule has 172 valence electrons. The molecule has 2 aromatic rings. The quantitative estimate of drug-likeness (QED) is 0.445. The molecule has 8 nitrogen and oxygen atoms in total. The first-order chi connectivity index (χ1) is 15.3. The molecule has 1 N–H and O–H groups in total. The maximum Gasteiger partial charge on any atom is 0.286 e. The number of nitrogens with zero attached hydrogens (tertiary/aromatic N) is 2. The molecule has 0 bridgehead atoms. The van der Waals surface area contributed by atoms with Gasteiger partial charge < -0.3 is 19.7 Å². The van der Waals surface area contributed by atoms with Gasteiger partial charge in [0.15, 0.2) is 11.5 Å². The van der Waals surface area contributed by atoms with E-state index in [0.29, 0.717) is 5.69 Å². The molecule has 1 amide bonds. The highest BCUT2D eigenvalue weighted by atomic mass is 19.1. The maximum atomic E-state index is 14.8. The molecule has 0 radical (unpaired) electrons. The molecule has 2 aromatic carbocycles. The molecule has 1 saturated carbocycles. The number of anilines is 2. The summed E-state index contributed by atoms with van der Waals surface area (Å²) in [6.45, 7) is 2.03. The van der Waals surface area contributed by atoms with Crippen LogP contribution in [0.3, 0.4) is 0 Å². The van der Waals surface area contributed by atoms with E-state index in [9.17, 15) is 19.3 Å². The van der Waals surface area contributed by atoms with Crippen molar-refractivity contribution in [2.75, 3.05) is 31.0 Å². The molecule has 0 heterocycles. The Kier molecular flexibility index (Phi) is 7.50. The van der Waals surface area contributed by atoms with Gasteiger partial charge in [-0.2, -0.15) is 0 Å². The van der Waals surface area contributed by atoms with Crippen LogP contribution in [0.4, 0.5) is 21.5 Å². The summed E-state index contributed by atoms with van der Waals surface area (Å²) in [7, 11) is 3.23. The molecule has 32 heavy (non-hydrogen) atoms. The molecule has 9 heteroatoms. The number of carbonyl (C=O) groups excluding carboxylic acids is 1. The Morgan fingerprint density at radius 1 is 1.22 bits per heavy atom. The number of nitrogens with one attached hydrogen (secondary N) is 1. The fourth-order valence-electron chi connectivity index (χ4n) is 4.04. The average Bonchev–Trinajstić information content (AvgIpc) is 2.79. The third-order valence-corrected chi connectivity index (χ3v) is 5.73. The number of hydrogen-bond donors (Lipinski definition) is 1. The first-order valence-electron chi connectivity index (χ1n) is 10.7. The topological polar surface area (TPSA) is 93.9 Å². The van der Waals surface area contributed by atoms with Crippen LogP contribution in [-0.4, -0.2) is 37.6 Å². The predicted octanol–water partition coefficient (Wildman–Crippen LogP) is 5.16. The third-order valence-electron chi connectivity index (χ3n) is 5.73. The second-order valence-corrected chi connectivity index (χ2v) is 7.73. The van der Waals surface area contributed by atoms with Gasteiger partial charge in [0.25, 0.3) is 11.6 Å². The van der Waals surface area contributed by atoms with Crippen molar-refractivity contribution in [3.8, 4) is 11.5 Å². The molecule has 0 saturated heterocycles. The molecule has 1 aliphatic rings. The van der Waals surface area contributed by atoms with Crippen LogP contribution in [0.2, 0.25) is 0 Å². The Balaban J connectivity index is 1.84. The molecule has 0 aliphatic heterocycles. The van der Waals surface area contributed by atoms with Crippen LogP contribution in [0.25, 0.3) is 0 Å². The smallest absolute Gasteiger partial charge is 0.286 e. The lowest BCUT2D eigenvalue weighted by Gasteiger charge is -2.33. The van der Waals surface area contributed by atoms with Crippen molar-refractivity contribution < 1.29 is 23.6 Å². The summed E-state index contributed by atoms with van der Waals surface area (Å²) in [6.07, 6.45) is 5.53. The molecule has 3 rings (SSSR count). The Labute approximate surface area is 186 Å². The predicted molar refractivity (Wildman–Crippen MR) is 120 cm³/mol. The van der Waals surface area contributed by atoms with Crippen molar-refractivity contribution in [3.05, 3.63) is 51.8 Å². The van der Waals surface area contributed by atoms with Crippen molar-refractivity contribution in [2.45, 2.75) is 45.1 Å². The van der Waals surface area contributed by atoms with Gasteiger partial charge in [0.1, 0.15) is 11.4 Å². The van der Waals surface area contributed by atoms with Crippen LogP contribution < -0.4 is 19.7 Å². The van der Waals surface area contributed by atoms with E-state index in [0.717, 1.165) is 31.7 Å². The number of nitro benzene ring substituents is 1. The van der Waals surface area contributed by atoms with Crippen molar-refractivity contribution in [3.63, 3.8) is 0 Å². The summed E-state index contributed by atoms with van der Waals surface area (Å²) in [5, 5.41) is 14.1. The summed E-state index contributed by atoms with van der Waals surface area (Å²) in [5.74, 6) is -0.846. The normalized spacial score (nSPS) is 14.0. The summed E-state index contributed by atoms with van der Waals surface area (Å²) in [5.41, 5.74) is 0.0281. The zero-order valence-corrected chi connectivity index (χ0v) is 18.5. The summed E-state index contributed by atoms with van der Waals surface area (Å²) in [6, 6.07) is 7.13. The van der Waals surface area contributed by atoms with E-state index < -0.39 is 22.3 Å². The molecular formula is C23H28FN3O5. The number of nitro groups is 1. The van der Waals surface area contributed by atoms with Crippen molar-refractivity contribution in [1.82, 2.24) is 0 Å². The lowest BCUT2D eigenvalue weighted by molar-refractivity contribution is -0.385. The van der Waals surface area contributed by atoms with Gasteiger partial charge in [0.05, 0.1) is 30.4 Å². The van der Waals surface area contributed by atoms with E-state index >= 15 is 0 Å². The van der Waals surface area contributed by atoms with Gasteiger partial charge in [-0.15, -0.1) is 0 Å². The monoisotopic (exact) mass is 445 g/mol. The molecule has 1 aliphatic carbocycles. The molecule has 0 spiro atoms. The van der Waals surface area contributed by atoms with Gasteiger partial charge in [-0.05, 0) is 38.0 Å². The first-order valence-corrected chi connectivity index (χ1v) is 10.7. The highest BCUT2D eigenvalue weighted by Crippen LogP contribution is 2.35. The number of benzene rings is 2. The average molecular weight is 445 g/mol. The minimum absolute atomic E-state index is 0.149. The van der Waals surface area contributed by atoms with E-state index in [1.807, 2.05) is 11.9 Å². The van der Waals surface area contributed by atoms with Gasteiger partial charge in [0, 0.05) is 24.8 Å². The second-order valence-electron chi connectivity index (χ2n) is 7.73. The zero-order chi connectivity index (χ0) is 23.3. The van der Waals surface area contributed by atoms with Gasteiger partial charge >= 0.3 is 0 Å². The molecule has 0 atom stereocenters. The minimum Gasteiger partial charge on any atom is -0.493 e. The van der Waals surface area contributed by atoms with Crippen LogP contribution in [0, 0.1) is 15.9 Å². The first kappa shape index (κ1) is 23.3. The third kappa shape index (κ3) is 5.09. The highest BCUT2D eigenvalue weighted by Gasteiger charge is 2.26. The fraction of sp³-hybridized carbons (Fsp3) is 0.435. The number of methoxy groups -OCH3 is 1. The number of hydrogen-bond acceptors (Lipinski definition) is 6. The number of amides is 1. The number of rotatable bonds is 8. The minimum atomic E-state index is -0.743. The zero-order valence-electron chi connectivity index (χ0n) is 18.5. The molecular weight excluding hydrogens is 417 g/mol. The largest absolute Gasteiger partial charge is 0.493 e. The Morgan fingerprint density at radius 2 is 1.94 bits per heavy atom. The molecule has 0 unspecified atom stereocenters. The molecule has 0 aromatic heterocycles. The lowest BCUT2D eigenvalue weighted by Crippen LogP contribution is -2.33. The highest BCUT2D eigenvalue weighted by molar-refractivity contribution is 6.07. The summed E-state index contributed by atoms with van der Waals surface area (Å²) < 4.78 is 25.4. The Hall–Kier alpha value is -3.36. The fourth-order valence-corrected chi connectivity index (χ4v) is 4.04. The van der Waals surface area contributed by atoms with Crippen molar-refractivity contribution in [2.24, 2.45) is 0 Å². The number of carbonyl (C=O) groups is 1. The van der Waals surface area contributed by atoms with E-state index in [4.69, 9.17) is 9.47 Å². The number of halogens is 1. The summed E-state index contributed by atoms with van der Waals surface area (Å²) in [4.78, 5) is 25.6.